The summed E-state index contributed by atoms with van der Waals surface area (Å²) in [6, 6.07) is 5.73. The summed E-state index contributed by atoms with van der Waals surface area (Å²) in [6.07, 6.45) is 0.601. The average Bonchev–Trinajstić information content (AvgIpc) is 3.12. The largest absolute Gasteiger partial charge is 0.340 e. The molecule has 0 N–H and O–H groups in total. The van der Waals surface area contributed by atoms with E-state index in [0.717, 1.165) is 16.6 Å². The fraction of sp³-hybridized carbons (Fsp3) is 0.533. The van der Waals surface area contributed by atoms with Gasteiger partial charge >= 0.3 is 0 Å². The number of sulfone groups is 1. The molecule has 1 saturated heterocycles. The van der Waals surface area contributed by atoms with E-state index in [0.29, 0.717) is 13.0 Å². The Bertz CT molecular complexity index is 849. The minimum atomic E-state index is -2.94. The molecule has 0 saturated carbocycles. The molecule has 7 nitrogen and oxygen atoms in total. The van der Waals surface area contributed by atoms with Gasteiger partial charge < -0.3 is 4.90 Å². The number of benzene rings is 1. The van der Waals surface area contributed by atoms with Crippen molar-refractivity contribution in [3.05, 3.63) is 23.8 Å². The fourth-order valence-electron chi connectivity index (χ4n) is 2.87. The zero-order valence-electron chi connectivity index (χ0n) is 13.7. The predicted molar refractivity (Wildman–Crippen MR) is 93.6 cm³/mol. The minimum Gasteiger partial charge on any atom is -0.340 e. The average molecular weight is 368 g/mol. The van der Waals surface area contributed by atoms with Gasteiger partial charge in [-0.05, 0) is 31.2 Å². The standard InChI is InChI=1S/C15H20N4O3S2/c1-18(12-5-6-24(21,22)10-12)9-15(20)19(2)8-11-3-4-13-14(7-11)17-23-16-13/h3-4,7,12H,5-6,8-10H2,1-2H3. The minimum absolute atomic E-state index is 0.0294. The molecule has 9 heteroatoms. The van der Waals surface area contributed by atoms with E-state index in [1.807, 2.05) is 30.1 Å². The van der Waals surface area contributed by atoms with Crippen molar-refractivity contribution in [3.63, 3.8) is 0 Å². The van der Waals surface area contributed by atoms with Gasteiger partial charge in [-0.1, -0.05) is 6.07 Å². The summed E-state index contributed by atoms with van der Waals surface area (Å²) in [4.78, 5) is 15.9. The summed E-state index contributed by atoms with van der Waals surface area (Å²) >= 11 is 1.17. The van der Waals surface area contributed by atoms with Crippen LogP contribution in [0.25, 0.3) is 11.0 Å². The van der Waals surface area contributed by atoms with Crippen LogP contribution in [0.3, 0.4) is 0 Å². The van der Waals surface area contributed by atoms with Crippen molar-refractivity contribution in [1.82, 2.24) is 18.5 Å². The number of amides is 1. The summed E-state index contributed by atoms with van der Waals surface area (Å²) in [5, 5.41) is 0. The number of carbonyl (C=O) groups is 1. The van der Waals surface area contributed by atoms with Crippen LogP contribution >= 0.6 is 11.7 Å². The van der Waals surface area contributed by atoms with E-state index in [9.17, 15) is 13.2 Å². The number of aromatic nitrogens is 2. The van der Waals surface area contributed by atoms with Gasteiger partial charge in [-0.3, -0.25) is 9.69 Å². The van der Waals surface area contributed by atoms with Gasteiger partial charge in [0.25, 0.3) is 0 Å². The van der Waals surface area contributed by atoms with E-state index in [1.165, 1.54) is 11.7 Å². The lowest BCUT2D eigenvalue weighted by molar-refractivity contribution is -0.131. The van der Waals surface area contributed by atoms with Crippen molar-refractivity contribution in [2.24, 2.45) is 0 Å². The van der Waals surface area contributed by atoms with Crippen molar-refractivity contribution in [2.45, 2.75) is 19.0 Å². The lowest BCUT2D eigenvalue weighted by Gasteiger charge is -2.25. The zero-order chi connectivity index (χ0) is 17.3. The van der Waals surface area contributed by atoms with Gasteiger partial charge in [0.2, 0.25) is 5.91 Å². The molecule has 1 unspecified atom stereocenters. The predicted octanol–water partition coefficient (Wildman–Crippen LogP) is 0.769. The highest BCUT2D eigenvalue weighted by Gasteiger charge is 2.31. The van der Waals surface area contributed by atoms with Crippen LogP contribution < -0.4 is 0 Å². The Morgan fingerprint density at radius 2 is 2.04 bits per heavy atom. The number of likely N-dealkylation sites (N-methyl/N-ethyl adjacent to an activating group) is 2. The normalized spacial score (nSPS) is 19.9. The molecule has 1 aromatic carbocycles. The third-order valence-electron chi connectivity index (χ3n) is 4.38. The lowest BCUT2D eigenvalue weighted by Crippen LogP contribution is -2.41. The van der Waals surface area contributed by atoms with E-state index in [4.69, 9.17) is 0 Å². The molecule has 0 radical (unpaired) electrons. The van der Waals surface area contributed by atoms with Crippen molar-refractivity contribution in [3.8, 4) is 0 Å². The van der Waals surface area contributed by atoms with E-state index in [2.05, 4.69) is 8.75 Å². The third-order valence-corrected chi connectivity index (χ3v) is 6.69. The SMILES string of the molecule is CN(Cc1ccc2nsnc2c1)C(=O)CN(C)C1CCS(=O)(=O)C1. The van der Waals surface area contributed by atoms with Crippen LogP contribution in [-0.4, -0.2) is 71.1 Å². The van der Waals surface area contributed by atoms with Crippen LogP contribution in [0, 0.1) is 0 Å². The first kappa shape index (κ1) is 17.2. The van der Waals surface area contributed by atoms with Gasteiger partial charge in [0.1, 0.15) is 11.0 Å². The number of hydrogen-bond acceptors (Lipinski definition) is 7. The molecule has 2 aromatic rings. The lowest BCUT2D eigenvalue weighted by atomic mass is 10.2. The second-order valence-corrected chi connectivity index (χ2v) is 9.07. The van der Waals surface area contributed by atoms with Gasteiger partial charge in [-0.2, -0.15) is 8.75 Å². The molecule has 24 heavy (non-hydrogen) atoms. The van der Waals surface area contributed by atoms with E-state index in [1.54, 1.807) is 11.9 Å². The summed E-state index contributed by atoms with van der Waals surface area (Å²) in [7, 11) is 0.626. The molecule has 0 spiro atoms. The molecule has 0 aliphatic carbocycles. The first-order chi connectivity index (χ1) is 11.3. The van der Waals surface area contributed by atoms with Crippen molar-refractivity contribution in [1.29, 1.82) is 0 Å². The van der Waals surface area contributed by atoms with Crippen LogP contribution in [0.15, 0.2) is 18.2 Å². The molecule has 1 fully saturated rings. The molecule has 1 aliphatic heterocycles. The molecule has 1 amide bonds. The van der Waals surface area contributed by atoms with Crippen LogP contribution in [0.5, 0.6) is 0 Å². The first-order valence-corrected chi connectivity index (χ1v) is 10.2. The van der Waals surface area contributed by atoms with Crippen molar-refractivity contribution < 1.29 is 13.2 Å². The zero-order valence-corrected chi connectivity index (χ0v) is 15.3. The third kappa shape index (κ3) is 3.90. The molecular weight excluding hydrogens is 348 g/mol. The number of carbonyl (C=O) groups excluding carboxylic acids is 1. The molecule has 0 bridgehead atoms. The van der Waals surface area contributed by atoms with Crippen LogP contribution in [-0.2, 0) is 21.2 Å². The highest BCUT2D eigenvalue weighted by atomic mass is 32.2. The number of fused-ring (bicyclic) bond motifs is 1. The Kier molecular flexibility index (Phi) is 4.84. The van der Waals surface area contributed by atoms with Gasteiger partial charge in [-0.15, -0.1) is 0 Å². The van der Waals surface area contributed by atoms with Crippen LogP contribution in [0.4, 0.5) is 0 Å². The summed E-state index contributed by atoms with van der Waals surface area (Å²) in [6.45, 7) is 0.709. The molecule has 1 aliphatic rings. The molecule has 130 valence electrons. The smallest absolute Gasteiger partial charge is 0.236 e. The Hall–Kier alpha value is -1.58. The molecular formula is C15H20N4O3S2. The second kappa shape index (κ2) is 6.73. The number of hydrogen-bond donors (Lipinski definition) is 0. The molecule has 1 atom stereocenters. The van der Waals surface area contributed by atoms with Gasteiger partial charge in [0, 0.05) is 19.6 Å². The number of nitrogens with zero attached hydrogens (tertiary/aromatic N) is 4. The Balaban J connectivity index is 1.58. The molecule has 2 heterocycles. The van der Waals surface area contributed by atoms with E-state index >= 15 is 0 Å². The maximum Gasteiger partial charge on any atom is 0.236 e. The van der Waals surface area contributed by atoms with Crippen LogP contribution in [0.1, 0.15) is 12.0 Å². The highest BCUT2D eigenvalue weighted by molar-refractivity contribution is 7.91. The molecule has 3 rings (SSSR count). The summed E-state index contributed by atoms with van der Waals surface area (Å²) in [5.41, 5.74) is 2.70. The topological polar surface area (TPSA) is 83.5 Å². The Morgan fingerprint density at radius 3 is 2.75 bits per heavy atom. The van der Waals surface area contributed by atoms with Gasteiger partial charge in [0.05, 0.1) is 29.8 Å². The van der Waals surface area contributed by atoms with Crippen molar-refractivity contribution >= 4 is 38.5 Å². The Morgan fingerprint density at radius 1 is 1.29 bits per heavy atom. The van der Waals surface area contributed by atoms with E-state index in [-0.39, 0.29) is 30.0 Å². The Labute approximate surface area is 145 Å². The first-order valence-electron chi connectivity index (χ1n) is 7.70. The summed E-state index contributed by atoms with van der Waals surface area (Å²) < 4.78 is 31.5. The second-order valence-electron chi connectivity index (χ2n) is 6.31. The maximum atomic E-state index is 12.4. The van der Waals surface area contributed by atoms with Gasteiger partial charge in [0.15, 0.2) is 9.84 Å². The van der Waals surface area contributed by atoms with Gasteiger partial charge in [-0.25, -0.2) is 8.42 Å². The fourth-order valence-corrected chi connectivity index (χ4v) is 5.20. The number of rotatable bonds is 5. The van der Waals surface area contributed by atoms with E-state index < -0.39 is 9.84 Å². The summed E-state index contributed by atoms with van der Waals surface area (Å²) in [5.74, 6) is 0.333. The van der Waals surface area contributed by atoms with Crippen molar-refractivity contribution in [2.75, 3.05) is 32.1 Å². The maximum absolute atomic E-state index is 12.4. The highest BCUT2D eigenvalue weighted by Crippen LogP contribution is 2.17. The molecule has 1 aromatic heterocycles. The monoisotopic (exact) mass is 368 g/mol. The quantitative estimate of drug-likeness (QED) is 0.775. The van der Waals surface area contributed by atoms with Crippen LogP contribution in [0.2, 0.25) is 0 Å².